The normalized spacial score (nSPS) is 12.4. The standard InChI is InChI=1S/C19H18F2N2O4/c1-12(24)23(14-3-5-17-18(11-14)27-9-8-26-17)7-6-22-19(25)13-2-4-15(20)16(21)10-13/h2-5,10-11H,6-9H2,1H3,(H,22,25). The molecule has 27 heavy (non-hydrogen) atoms. The summed E-state index contributed by atoms with van der Waals surface area (Å²) in [5.41, 5.74) is 0.608. The molecule has 6 nitrogen and oxygen atoms in total. The lowest BCUT2D eigenvalue weighted by atomic mass is 10.2. The van der Waals surface area contributed by atoms with Gasteiger partial charge in [-0.2, -0.15) is 0 Å². The van der Waals surface area contributed by atoms with Crippen molar-refractivity contribution < 1.29 is 27.8 Å². The molecule has 0 bridgehead atoms. The summed E-state index contributed by atoms with van der Waals surface area (Å²) in [6, 6.07) is 8.06. The van der Waals surface area contributed by atoms with Crippen LogP contribution in [-0.4, -0.2) is 38.1 Å². The zero-order chi connectivity index (χ0) is 19.4. The van der Waals surface area contributed by atoms with E-state index in [1.165, 1.54) is 17.9 Å². The van der Waals surface area contributed by atoms with Crippen molar-refractivity contribution >= 4 is 17.5 Å². The highest BCUT2D eigenvalue weighted by atomic mass is 19.2. The van der Waals surface area contributed by atoms with E-state index in [2.05, 4.69) is 5.32 Å². The van der Waals surface area contributed by atoms with Crippen LogP contribution in [0, 0.1) is 11.6 Å². The van der Waals surface area contributed by atoms with Gasteiger partial charge in [0.15, 0.2) is 23.1 Å². The molecular weight excluding hydrogens is 358 g/mol. The quantitative estimate of drug-likeness (QED) is 0.871. The van der Waals surface area contributed by atoms with Crippen molar-refractivity contribution in [3.8, 4) is 11.5 Å². The summed E-state index contributed by atoms with van der Waals surface area (Å²) in [6.45, 7) is 2.64. The van der Waals surface area contributed by atoms with Crippen molar-refractivity contribution in [1.82, 2.24) is 5.32 Å². The molecular formula is C19H18F2N2O4. The molecule has 2 amide bonds. The lowest BCUT2D eigenvalue weighted by Crippen LogP contribution is -2.37. The minimum atomic E-state index is -1.09. The largest absolute Gasteiger partial charge is 0.486 e. The van der Waals surface area contributed by atoms with Gasteiger partial charge in [0.05, 0.1) is 0 Å². The number of amides is 2. The van der Waals surface area contributed by atoms with Gasteiger partial charge in [-0.15, -0.1) is 0 Å². The molecule has 1 N–H and O–H groups in total. The van der Waals surface area contributed by atoms with Gasteiger partial charge in [-0.05, 0) is 30.3 Å². The van der Waals surface area contributed by atoms with Crippen LogP contribution < -0.4 is 19.7 Å². The molecule has 1 aliphatic rings. The van der Waals surface area contributed by atoms with E-state index < -0.39 is 17.5 Å². The van der Waals surface area contributed by atoms with Crippen molar-refractivity contribution in [3.63, 3.8) is 0 Å². The molecule has 3 rings (SSSR count). The molecule has 0 aromatic heterocycles. The highest BCUT2D eigenvalue weighted by Crippen LogP contribution is 2.33. The average Bonchev–Trinajstić information content (AvgIpc) is 2.66. The Morgan fingerprint density at radius 3 is 2.48 bits per heavy atom. The molecule has 8 heteroatoms. The Balaban J connectivity index is 1.64. The van der Waals surface area contributed by atoms with Crippen molar-refractivity contribution in [3.05, 3.63) is 53.6 Å². The first-order chi connectivity index (χ1) is 13.0. The summed E-state index contributed by atoms with van der Waals surface area (Å²) < 4.78 is 37.1. The molecule has 0 saturated carbocycles. The van der Waals surface area contributed by atoms with Crippen molar-refractivity contribution in [2.75, 3.05) is 31.2 Å². The van der Waals surface area contributed by atoms with Crippen molar-refractivity contribution in [1.29, 1.82) is 0 Å². The third-order valence-electron chi connectivity index (χ3n) is 4.02. The third-order valence-corrected chi connectivity index (χ3v) is 4.02. The predicted octanol–water partition coefficient (Wildman–Crippen LogP) is 2.52. The summed E-state index contributed by atoms with van der Waals surface area (Å²) in [6.07, 6.45) is 0. The first kappa shape index (κ1) is 18.6. The second-order valence-electron chi connectivity index (χ2n) is 5.88. The zero-order valence-corrected chi connectivity index (χ0v) is 14.6. The smallest absolute Gasteiger partial charge is 0.251 e. The molecule has 1 aliphatic heterocycles. The molecule has 1 heterocycles. The van der Waals surface area contributed by atoms with Crippen LogP contribution in [-0.2, 0) is 4.79 Å². The highest BCUT2D eigenvalue weighted by Gasteiger charge is 2.17. The number of carbonyl (C=O) groups is 2. The van der Waals surface area contributed by atoms with Gasteiger partial charge in [-0.25, -0.2) is 8.78 Å². The number of ether oxygens (including phenoxy) is 2. The maximum atomic E-state index is 13.2. The molecule has 0 fully saturated rings. The minimum absolute atomic E-state index is 0.00241. The Hall–Kier alpha value is -3.16. The van der Waals surface area contributed by atoms with E-state index in [9.17, 15) is 18.4 Å². The molecule has 0 radical (unpaired) electrons. The van der Waals surface area contributed by atoms with Crippen molar-refractivity contribution in [2.24, 2.45) is 0 Å². The monoisotopic (exact) mass is 376 g/mol. The summed E-state index contributed by atoms with van der Waals surface area (Å²) in [7, 11) is 0. The minimum Gasteiger partial charge on any atom is -0.486 e. The van der Waals surface area contributed by atoms with E-state index in [1.807, 2.05) is 0 Å². The highest BCUT2D eigenvalue weighted by molar-refractivity contribution is 5.94. The van der Waals surface area contributed by atoms with Gasteiger partial charge in [0.2, 0.25) is 5.91 Å². The Morgan fingerprint density at radius 2 is 1.78 bits per heavy atom. The number of rotatable bonds is 5. The Bertz CT molecular complexity index is 873. The number of hydrogen-bond donors (Lipinski definition) is 1. The number of benzene rings is 2. The predicted molar refractivity (Wildman–Crippen MR) is 94.2 cm³/mol. The summed E-state index contributed by atoms with van der Waals surface area (Å²) in [5, 5.41) is 2.59. The van der Waals surface area contributed by atoms with Crippen LogP contribution in [0.3, 0.4) is 0 Å². The second-order valence-corrected chi connectivity index (χ2v) is 5.88. The van der Waals surface area contributed by atoms with E-state index in [4.69, 9.17) is 9.47 Å². The number of anilines is 1. The van der Waals surface area contributed by atoms with E-state index in [-0.39, 0.29) is 24.6 Å². The number of hydrogen-bond acceptors (Lipinski definition) is 4. The van der Waals surface area contributed by atoms with Crippen LogP contribution in [0.25, 0.3) is 0 Å². The number of halogens is 2. The number of carbonyl (C=O) groups excluding carboxylic acids is 2. The fourth-order valence-electron chi connectivity index (χ4n) is 2.69. The van der Waals surface area contributed by atoms with E-state index >= 15 is 0 Å². The van der Waals surface area contributed by atoms with Gasteiger partial charge in [0, 0.05) is 37.3 Å². The number of nitrogens with zero attached hydrogens (tertiary/aromatic N) is 1. The molecule has 0 spiro atoms. The Labute approximate surface area is 154 Å². The second kappa shape index (κ2) is 8.03. The molecule has 2 aromatic carbocycles. The zero-order valence-electron chi connectivity index (χ0n) is 14.6. The van der Waals surface area contributed by atoms with E-state index in [0.717, 1.165) is 12.1 Å². The first-order valence-electron chi connectivity index (χ1n) is 8.36. The van der Waals surface area contributed by atoms with Crippen LogP contribution >= 0.6 is 0 Å². The van der Waals surface area contributed by atoms with Gasteiger partial charge < -0.3 is 19.7 Å². The molecule has 142 valence electrons. The average molecular weight is 376 g/mol. The lowest BCUT2D eigenvalue weighted by Gasteiger charge is -2.24. The first-order valence-corrected chi connectivity index (χ1v) is 8.36. The fraction of sp³-hybridized carbons (Fsp3) is 0.263. The van der Waals surface area contributed by atoms with Crippen LogP contribution in [0.15, 0.2) is 36.4 Å². The number of nitrogens with one attached hydrogen (secondary N) is 1. The van der Waals surface area contributed by atoms with Gasteiger partial charge in [0.25, 0.3) is 5.91 Å². The molecule has 0 unspecified atom stereocenters. The Morgan fingerprint density at radius 1 is 1.04 bits per heavy atom. The van der Waals surface area contributed by atoms with Gasteiger partial charge in [-0.3, -0.25) is 9.59 Å². The summed E-state index contributed by atoms with van der Waals surface area (Å²) >= 11 is 0. The topological polar surface area (TPSA) is 67.9 Å². The molecule has 0 atom stereocenters. The molecule has 2 aromatic rings. The summed E-state index contributed by atoms with van der Waals surface area (Å²) in [4.78, 5) is 25.5. The maximum absolute atomic E-state index is 13.2. The SMILES string of the molecule is CC(=O)N(CCNC(=O)c1ccc(F)c(F)c1)c1ccc2c(c1)OCCO2. The van der Waals surface area contributed by atoms with Crippen molar-refractivity contribution in [2.45, 2.75) is 6.92 Å². The lowest BCUT2D eigenvalue weighted by molar-refractivity contribution is -0.116. The summed E-state index contributed by atoms with van der Waals surface area (Å²) in [5.74, 6) is -1.72. The van der Waals surface area contributed by atoms with E-state index in [1.54, 1.807) is 18.2 Å². The Kier molecular flexibility index (Phi) is 5.54. The number of fused-ring (bicyclic) bond motifs is 1. The molecule has 0 aliphatic carbocycles. The fourth-order valence-corrected chi connectivity index (χ4v) is 2.69. The van der Waals surface area contributed by atoms with Crippen LogP contribution in [0.2, 0.25) is 0 Å². The van der Waals surface area contributed by atoms with Gasteiger partial charge in [0.1, 0.15) is 13.2 Å². The van der Waals surface area contributed by atoms with Crippen LogP contribution in [0.5, 0.6) is 11.5 Å². The van der Waals surface area contributed by atoms with Gasteiger partial charge in [-0.1, -0.05) is 0 Å². The van der Waals surface area contributed by atoms with Crippen LogP contribution in [0.1, 0.15) is 17.3 Å². The third kappa shape index (κ3) is 4.33. The van der Waals surface area contributed by atoms with Gasteiger partial charge >= 0.3 is 0 Å². The van der Waals surface area contributed by atoms with E-state index in [0.29, 0.717) is 30.4 Å². The molecule has 0 saturated heterocycles. The van der Waals surface area contributed by atoms with Crippen LogP contribution in [0.4, 0.5) is 14.5 Å². The maximum Gasteiger partial charge on any atom is 0.251 e.